The second kappa shape index (κ2) is 4.44. The minimum atomic E-state index is -1.41. The van der Waals surface area contributed by atoms with E-state index >= 15 is 0 Å². The molecule has 0 heterocycles. The lowest BCUT2D eigenvalue weighted by atomic mass is 10.0. The summed E-state index contributed by atoms with van der Waals surface area (Å²) in [5.74, 6) is -3.22. The molecule has 0 fully saturated rings. The van der Waals surface area contributed by atoms with Crippen LogP contribution in [0, 0.1) is 11.6 Å². The summed E-state index contributed by atoms with van der Waals surface area (Å²) in [6, 6.07) is 6.70. The maximum Gasteiger partial charge on any atom is 0.338 e. The van der Waals surface area contributed by atoms with E-state index in [9.17, 15) is 18.7 Å². The molecule has 3 nitrogen and oxygen atoms in total. The molecule has 0 saturated heterocycles. The Morgan fingerprint density at radius 2 is 1.72 bits per heavy atom. The number of carbonyl (C=O) groups is 1. The third kappa shape index (κ3) is 2.29. The minimum absolute atomic E-state index is 0.273. The highest BCUT2D eigenvalue weighted by molar-refractivity contribution is 5.89. The van der Waals surface area contributed by atoms with Crippen LogP contribution in [-0.4, -0.2) is 16.2 Å². The Balaban J connectivity index is 2.57. The van der Waals surface area contributed by atoms with Gasteiger partial charge in [0, 0.05) is 6.07 Å². The number of rotatable bonds is 2. The standard InChI is InChI=1S/C13H8F2O3/c14-9-3-8(4-10(16)6-9)7-1-2-12(15)11(5-7)13(17)18/h1-6,16H,(H,17,18). The fourth-order valence-corrected chi connectivity index (χ4v) is 1.61. The number of aromatic hydroxyl groups is 1. The highest BCUT2D eigenvalue weighted by Crippen LogP contribution is 2.26. The Morgan fingerprint density at radius 3 is 2.33 bits per heavy atom. The van der Waals surface area contributed by atoms with Gasteiger partial charge in [-0.25, -0.2) is 13.6 Å². The first kappa shape index (κ1) is 12.0. The number of halogens is 2. The van der Waals surface area contributed by atoms with Gasteiger partial charge in [0.05, 0.1) is 5.56 Å². The molecule has 92 valence electrons. The van der Waals surface area contributed by atoms with E-state index in [1.807, 2.05) is 0 Å². The SMILES string of the molecule is O=C(O)c1cc(-c2cc(O)cc(F)c2)ccc1F. The quantitative estimate of drug-likeness (QED) is 0.861. The number of hydrogen-bond donors (Lipinski definition) is 2. The van der Waals surface area contributed by atoms with E-state index in [4.69, 9.17) is 5.11 Å². The van der Waals surface area contributed by atoms with E-state index in [1.54, 1.807) is 0 Å². The summed E-state index contributed by atoms with van der Waals surface area (Å²) in [4.78, 5) is 10.8. The highest BCUT2D eigenvalue weighted by atomic mass is 19.1. The van der Waals surface area contributed by atoms with Gasteiger partial charge in [0.25, 0.3) is 0 Å². The number of benzene rings is 2. The Bertz CT molecular complexity index is 603. The summed E-state index contributed by atoms with van der Waals surface area (Å²) in [7, 11) is 0. The molecule has 18 heavy (non-hydrogen) atoms. The molecule has 0 aliphatic heterocycles. The van der Waals surface area contributed by atoms with Crippen LogP contribution in [0.5, 0.6) is 5.75 Å². The van der Waals surface area contributed by atoms with Crippen molar-refractivity contribution in [1.82, 2.24) is 0 Å². The van der Waals surface area contributed by atoms with Crippen molar-refractivity contribution in [3.8, 4) is 16.9 Å². The van der Waals surface area contributed by atoms with E-state index in [0.29, 0.717) is 5.56 Å². The molecule has 0 spiro atoms. The average molecular weight is 250 g/mol. The van der Waals surface area contributed by atoms with Crippen LogP contribution in [0.1, 0.15) is 10.4 Å². The minimum Gasteiger partial charge on any atom is -0.508 e. The van der Waals surface area contributed by atoms with Gasteiger partial charge in [-0.2, -0.15) is 0 Å². The van der Waals surface area contributed by atoms with Crippen LogP contribution in [0.4, 0.5) is 8.78 Å². The number of carboxylic acid groups (broad SMARTS) is 1. The first-order chi connectivity index (χ1) is 8.47. The zero-order chi connectivity index (χ0) is 13.3. The normalized spacial score (nSPS) is 10.3. The van der Waals surface area contributed by atoms with Gasteiger partial charge in [0.2, 0.25) is 0 Å². The van der Waals surface area contributed by atoms with Crippen LogP contribution < -0.4 is 0 Å². The molecule has 0 aliphatic carbocycles. The summed E-state index contributed by atoms with van der Waals surface area (Å²) in [6.07, 6.45) is 0. The van der Waals surface area contributed by atoms with Crippen molar-refractivity contribution < 1.29 is 23.8 Å². The second-order valence-electron chi connectivity index (χ2n) is 3.70. The summed E-state index contributed by atoms with van der Waals surface area (Å²) in [6.45, 7) is 0. The largest absolute Gasteiger partial charge is 0.508 e. The summed E-state index contributed by atoms with van der Waals surface area (Å²) >= 11 is 0. The van der Waals surface area contributed by atoms with Crippen LogP contribution in [0.3, 0.4) is 0 Å². The summed E-state index contributed by atoms with van der Waals surface area (Å²) in [5, 5.41) is 18.0. The zero-order valence-corrected chi connectivity index (χ0v) is 9.02. The highest BCUT2D eigenvalue weighted by Gasteiger charge is 2.12. The molecule has 0 bridgehead atoms. The van der Waals surface area contributed by atoms with E-state index in [0.717, 1.165) is 24.3 Å². The van der Waals surface area contributed by atoms with Gasteiger partial charge in [0.1, 0.15) is 17.4 Å². The lowest BCUT2D eigenvalue weighted by molar-refractivity contribution is 0.0692. The first-order valence-corrected chi connectivity index (χ1v) is 5.00. The fourth-order valence-electron chi connectivity index (χ4n) is 1.61. The maximum absolute atomic E-state index is 13.2. The lowest BCUT2D eigenvalue weighted by Crippen LogP contribution is -2.00. The molecule has 2 N–H and O–H groups in total. The number of phenols is 1. The topological polar surface area (TPSA) is 57.5 Å². The Morgan fingerprint density at radius 1 is 1.00 bits per heavy atom. The van der Waals surface area contributed by atoms with Crippen LogP contribution in [0.2, 0.25) is 0 Å². The molecule has 0 aromatic heterocycles. The molecule has 2 aromatic rings. The van der Waals surface area contributed by atoms with Gasteiger partial charge < -0.3 is 10.2 Å². The van der Waals surface area contributed by atoms with Gasteiger partial charge in [-0.1, -0.05) is 6.07 Å². The molecule has 0 atom stereocenters. The fraction of sp³-hybridized carbons (Fsp3) is 0. The van der Waals surface area contributed by atoms with Gasteiger partial charge in [-0.3, -0.25) is 0 Å². The third-order valence-corrected chi connectivity index (χ3v) is 2.41. The van der Waals surface area contributed by atoms with Crippen LogP contribution in [0.15, 0.2) is 36.4 Å². The molecule has 0 saturated carbocycles. The van der Waals surface area contributed by atoms with Crippen molar-refractivity contribution in [2.75, 3.05) is 0 Å². The Hall–Kier alpha value is -2.43. The third-order valence-electron chi connectivity index (χ3n) is 2.41. The van der Waals surface area contributed by atoms with Crippen LogP contribution in [0.25, 0.3) is 11.1 Å². The van der Waals surface area contributed by atoms with Crippen molar-refractivity contribution in [2.45, 2.75) is 0 Å². The predicted octanol–water partition coefficient (Wildman–Crippen LogP) is 3.04. The molecule has 2 rings (SSSR count). The molecule has 0 unspecified atom stereocenters. The molecular weight excluding hydrogens is 242 g/mol. The average Bonchev–Trinajstić information content (AvgIpc) is 2.27. The van der Waals surface area contributed by atoms with Crippen molar-refractivity contribution in [3.05, 3.63) is 53.6 Å². The van der Waals surface area contributed by atoms with Crippen molar-refractivity contribution in [2.24, 2.45) is 0 Å². The Kier molecular flexibility index (Phi) is 2.97. The van der Waals surface area contributed by atoms with Crippen LogP contribution in [-0.2, 0) is 0 Å². The van der Waals surface area contributed by atoms with E-state index in [2.05, 4.69) is 0 Å². The van der Waals surface area contributed by atoms with Gasteiger partial charge in [0.15, 0.2) is 0 Å². The number of aromatic carboxylic acids is 1. The second-order valence-corrected chi connectivity index (χ2v) is 3.70. The zero-order valence-electron chi connectivity index (χ0n) is 9.02. The predicted molar refractivity (Wildman–Crippen MR) is 60.4 cm³/mol. The van der Waals surface area contributed by atoms with Crippen molar-refractivity contribution >= 4 is 5.97 Å². The van der Waals surface area contributed by atoms with E-state index < -0.39 is 23.2 Å². The maximum atomic E-state index is 13.2. The van der Waals surface area contributed by atoms with Crippen molar-refractivity contribution in [3.63, 3.8) is 0 Å². The summed E-state index contributed by atoms with van der Waals surface area (Å²) in [5.41, 5.74) is 0.0786. The Labute approximate surface area is 101 Å². The molecule has 0 amide bonds. The smallest absolute Gasteiger partial charge is 0.338 e. The van der Waals surface area contributed by atoms with Gasteiger partial charge in [-0.15, -0.1) is 0 Å². The molecule has 5 heteroatoms. The first-order valence-electron chi connectivity index (χ1n) is 5.00. The lowest BCUT2D eigenvalue weighted by Gasteiger charge is -2.05. The number of carboxylic acids is 1. The van der Waals surface area contributed by atoms with Crippen molar-refractivity contribution in [1.29, 1.82) is 0 Å². The van der Waals surface area contributed by atoms with Gasteiger partial charge in [-0.05, 0) is 35.4 Å². The van der Waals surface area contributed by atoms with Gasteiger partial charge >= 0.3 is 5.97 Å². The van der Waals surface area contributed by atoms with E-state index in [1.165, 1.54) is 12.1 Å². The molecule has 0 radical (unpaired) electrons. The van der Waals surface area contributed by atoms with E-state index in [-0.39, 0.29) is 11.3 Å². The summed E-state index contributed by atoms with van der Waals surface area (Å²) < 4.78 is 26.3. The number of phenolic OH excluding ortho intramolecular Hbond substituents is 1. The molecular formula is C13H8F2O3. The monoisotopic (exact) mass is 250 g/mol. The number of hydrogen-bond acceptors (Lipinski definition) is 2. The van der Waals surface area contributed by atoms with Crippen LogP contribution >= 0.6 is 0 Å². The molecule has 0 aliphatic rings. The molecule has 2 aromatic carbocycles.